The number of carbonyl (C=O) groups excluding carboxylic acids is 3. The largest absolute Gasteiger partial charge is 0.490 e. The highest BCUT2D eigenvalue weighted by Gasteiger charge is 2.61. The molecule has 3 heterocycles. The van der Waals surface area contributed by atoms with Crippen LogP contribution in [-0.4, -0.2) is 102 Å². The van der Waals surface area contributed by atoms with Gasteiger partial charge in [0.1, 0.15) is 35.6 Å². The summed E-state index contributed by atoms with van der Waals surface area (Å²) in [5.74, 6) is -1.73. The van der Waals surface area contributed by atoms with Crippen LogP contribution in [0, 0.1) is 5.92 Å². The molecule has 2 fully saturated rings. The van der Waals surface area contributed by atoms with Gasteiger partial charge in [-0.2, -0.15) is 4.80 Å². The number of hydrogen-bond donors (Lipinski definition) is 4. The van der Waals surface area contributed by atoms with E-state index in [1.54, 1.807) is 39.0 Å². The highest BCUT2D eigenvalue weighted by atomic mass is 79.9. The summed E-state index contributed by atoms with van der Waals surface area (Å²) in [6.45, 7) is 5.22. The lowest BCUT2D eigenvalue weighted by Crippen LogP contribution is -2.56. The van der Waals surface area contributed by atoms with Crippen LogP contribution in [0.3, 0.4) is 0 Å². The second-order valence-corrected chi connectivity index (χ2v) is 14.2. The molecule has 15 nitrogen and oxygen atoms in total. The minimum Gasteiger partial charge on any atom is -0.490 e. The average molecular weight is 733 g/mol. The van der Waals surface area contributed by atoms with E-state index in [0.29, 0.717) is 34.5 Å². The summed E-state index contributed by atoms with van der Waals surface area (Å²) in [5.41, 5.74) is -1.61. The first-order chi connectivity index (χ1) is 22.8. The van der Waals surface area contributed by atoms with Gasteiger partial charge in [0.05, 0.1) is 17.1 Å². The summed E-state index contributed by atoms with van der Waals surface area (Å²) in [5, 5.41) is 37.6. The molecule has 0 unspecified atom stereocenters. The maximum atomic E-state index is 14.2. The summed E-state index contributed by atoms with van der Waals surface area (Å²) in [7, 11) is 0. The third kappa shape index (κ3) is 8.14. The maximum Gasteiger partial charge on any atom is 0.408 e. The van der Waals surface area contributed by atoms with Crippen LogP contribution >= 0.6 is 15.9 Å². The summed E-state index contributed by atoms with van der Waals surface area (Å²) < 4.78 is 11.6. The molecule has 4 N–H and O–H groups in total. The molecule has 3 amide bonds. The first kappa shape index (κ1) is 35.3. The molecular formula is C32H42BrN7O8. The molecule has 1 aromatic carbocycles. The van der Waals surface area contributed by atoms with E-state index in [1.165, 1.54) is 9.70 Å². The number of nitrogens with one attached hydrogen (secondary N) is 2. The lowest BCUT2D eigenvalue weighted by Gasteiger charge is -2.30. The van der Waals surface area contributed by atoms with Crippen molar-refractivity contribution in [3.05, 3.63) is 34.8 Å². The first-order valence-electron chi connectivity index (χ1n) is 16.2. The van der Waals surface area contributed by atoms with Crippen LogP contribution in [0.15, 0.2) is 34.8 Å². The highest BCUT2D eigenvalue weighted by Crippen LogP contribution is 2.45. The summed E-state index contributed by atoms with van der Waals surface area (Å²) in [6, 6.07) is 2.61. The number of fused-ring (bicyclic) bond motifs is 2. The standard InChI is InChI=1S/C32H42BrN7O8/c1-31(2,3)48-30(46)34-23-10-8-6-4-5-7-9-20-17-32(20,29(44)45)35-27(42)24-16-21(18-39(24)28(23)43)40-37-26(36-38-40)19-11-12-25(22(33)15-19)47-14-13-41/h7,9,11-12,15,20-21,23-24,41H,4-6,8,10,13-14,16-18H2,1-3H3,(H,34,46)(H,35,42)(H,44,45)/b9-7-/t20-,21+,23+,24+,32+/m1/s1. The number of nitrogens with zero attached hydrogens (tertiary/aromatic N) is 5. The minimum absolute atomic E-state index is 0.0280. The number of carboxylic acids is 1. The van der Waals surface area contributed by atoms with Gasteiger partial charge in [-0.3, -0.25) is 9.59 Å². The fourth-order valence-electron chi connectivity index (χ4n) is 6.10. The van der Waals surface area contributed by atoms with Gasteiger partial charge in [-0.25, -0.2) is 9.59 Å². The van der Waals surface area contributed by atoms with Gasteiger partial charge in [0.15, 0.2) is 0 Å². The molecular weight excluding hydrogens is 690 g/mol. The van der Waals surface area contributed by atoms with Gasteiger partial charge < -0.3 is 35.2 Å². The van der Waals surface area contributed by atoms with Crippen molar-refractivity contribution >= 4 is 39.8 Å². The van der Waals surface area contributed by atoms with E-state index in [1.807, 2.05) is 12.2 Å². The Morgan fingerprint density at radius 1 is 1.21 bits per heavy atom. The van der Waals surface area contributed by atoms with Crippen molar-refractivity contribution in [2.75, 3.05) is 19.8 Å². The number of halogens is 1. The van der Waals surface area contributed by atoms with E-state index in [-0.39, 0.29) is 38.5 Å². The van der Waals surface area contributed by atoms with Crippen molar-refractivity contribution in [1.29, 1.82) is 0 Å². The molecule has 16 heteroatoms. The van der Waals surface area contributed by atoms with Gasteiger partial charge >= 0.3 is 12.1 Å². The van der Waals surface area contributed by atoms with E-state index in [0.717, 1.165) is 19.3 Å². The van der Waals surface area contributed by atoms with Gasteiger partial charge in [-0.15, -0.1) is 10.2 Å². The Morgan fingerprint density at radius 3 is 2.71 bits per heavy atom. The topological polar surface area (TPSA) is 198 Å². The Bertz CT molecular complexity index is 1560. The number of carbonyl (C=O) groups is 4. The number of allylic oxidation sites excluding steroid dienone is 1. The number of rotatable bonds is 7. The zero-order valence-electron chi connectivity index (χ0n) is 27.2. The number of amides is 3. The number of benzene rings is 1. The second kappa shape index (κ2) is 14.6. The molecule has 0 radical (unpaired) electrons. The monoisotopic (exact) mass is 731 g/mol. The Hall–Kier alpha value is -4.05. The Labute approximate surface area is 286 Å². The van der Waals surface area contributed by atoms with Crippen LogP contribution in [0.25, 0.3) is 11.4 Å². The predicted octanol–water partition coefficient (Wildman–Crippen LogP) is 2.99. The Balaban J connectivity index is 1.42. The van der Waals surface area contributed by atoms with Crippen molar-refractivity contribution in [1.82, 2.24) is 35.7 Å². The molecule has 3 aliphatic rings. The number of aliphatic carboxylic acids is 1. The zero-order chi connectivity index (χ0) is 34.6. The first-order valence-corrected chi connectivity index (χ1v) is 17.0. The van der Waals surface area contributed by atoms with Crippen molar-refractivity contribution in [3.63, 3.8) is 0 Å². The number of aliphatic hydroxyl groups excluding tert-OH is 1. The van der Waals surface area contributed by atoms with Crippen molar-refractivity contribution in [2.45, 2.75) is 95.0 Å². The SMILES string of the molecule is CC(C)(C)OC(=O)N[C@H]1CCCCC/C=C\[C@@H]2C[C@]2(C(=O)O)NC(=O)[C@@H]2C[C@H](n3nnc(-c4ccc(OCCO)c(Br)c4)n3)CN2C1=O. The third-order valence-corrected chi connectivity index (χ3v) is 9.24. The molecule has 5 atom stereocenters. The van der Waals surface area contributed by atoms with Gasteiger partial charge in [0.2, 0.25) is 17.6 Å². The van der Waals surface area contributed by atoms with E-state index in [4.69, 9.17) is 14.6 Å². The molecule has 1 aromatic heterocycles. The summed E-state index contributed by atoms with van der Waals surface area (Å²) >= 11 is 3.45. The number of aromatic nitrogens is 4. The normalized spacial score (nSPS) is 27.1. The molecule has 2 aromatic rings. The van der Waals surface area contributed by atoms with E-state index in [9.17, 15) is 24.3 Å². The van der Waals surface area contributed by atoms with Crippen LogP contribution < -0.4 is 15.4 Å². The maximum absolute atomic E-state index is 14.2. The number of hydrogen-bond acceptors (Lipinski definition) is 10. The number of ether oxygens (including phenoxy) is 2. The third-order valence-electron chi connectivity index (χ3n) is 8.62. The number of tetrazole rings is 1. The van der Waals surface area contributed by atoms with Crippen LogP contribution in [0.1, 0.15) is 71.8 Å². The fraction of sp³-hybridized carbons (Fsp3) is 0.594. The fourth-order valence-corrected chi connectivity index (χ4v) is 6.60. The number of aliphatic hydroxyl groups is 1. The smallest absolute Gasteiger partial charge is 0.408 e. The lowest BCUT2D eigenvalue weighted by atomic mass is 10.0. The molecule has 260 valence electrons. The van der Waals surface area contributed by atoms with Gasteiger partial charge in [0, 0.05) is 24.4 Å². The zero-order valence-corrected chi connectivity index (χ0v) is 28.8. The summed E-state index contributed by atoms with van der Waals surface area (Å²) in [6.07, 6.45) is 6.73. The highest BCUT2D eigenvalue weighted by molar-refractivity contribution is 9.10. The molecule has 0 spiro atoms. The molecule has 5 rings (SSSR count). The van der Waals surface area contributed by atoms with E-state index < -0.39 is 53.1 Å². The quantitative estimate of drug-likeness (QED) is 0.306. The minimum atomic E-state index is -1.45. The predicted molar refractivity (Wildman–Crippen MR) is 175 cm³/mol. The molecule has 1 aliphatic carbocycles. The van der Waals surface area contributed by atoms with Gasteiger partial charge in [0.25, 0.3) is 0 Å². The molecule has 1 saturated heterocycles. The molecule has 0 bridgehead atoms. The Morgan fingerprint density at radius 2 is 2.00 bits per heavy atom. The van der Waals surface area contributed by atoms with Gasteiger partial charge in [-0.05, 0) is 85.8 Å². The van der Waals surface area contributed by atoms with Gasteiger partial charge in [-0.1, -0.05) is 25.0 Å². The van der Waals surface area contributed by atoms with Crippen molar-refractivity contribution in [2.24, 2.45) is 5.92 Å². The molecule has 48 heavy (non-hydrogen) atoms. The van der Waals surface area contributed by atoms with Crippen LogP contribution in [0.5, 0.6) is 5.75 Å². The van der Waals surface area contributed by atoms with E-state index >= 15 is 0 Å². The number of carboxylic acid groups (broad SMARTS) is 1. The van der Waals surface area contributed by atoms with Crippen LogP contribution in [-0.2, 0) is 19.1 Å². The number of alkyl carbamates (subject to hydrolysis) is 1. The lowest BCUT2D eigenvalue weighted by molar-refractivity contribution is -0.145. The molecule has 2 aliphatic heterocycles. The van der Waals surface area contributed by atoms with Crippen LogP contribution in [0.2, 0.25) is 0 Å². The average Bonchev–Trinajstić information content (AvgIpc) is 3.32. The molecule has 1 saturated carbocycles. The van der Waals surface area contributed by atoms with E-state index in [2.05, 4.69) is 42.0 Å². The van der Waals surface area contributed by atoms with Crippen molar-refractivity contribution < 1.29 is 38.9 Å². The Kier molecular flexibility index (Phi) is 10.7. The van der Waals surface area contributed by atoms with Crippen LogP contribution in [0.4, 0.5) is 4.79 Å². The second-order valence-electron chi connectivity index (χ2n) is 13.4. The summed E-state index contributed by atoms with van der Waals surface area (Å²) in [4.78, 5) is 56.0. The van der Waals surface area contributed by atoms with Crippen molar-refractivity contribution in [3.8, 4) is 17.1 Å².